The third-order valence-corrected chi connectivity index (χ3v) is 19.9. The number of hydrogen-bond acceptors (Lipinski definition) is 45. The van der Waals surface area contributed by atoms with Crippen molar-refractivity contribution in [3.8, 4) is 0 Å². The Labute approximate surface area is 611 Å². The first-order valence-electron chi connectivity index (χ1n) is 34.5. The van der Waals surface area contributed by atoms with Crippen LogP contribution in [0.15, 0.2) is 0 Å². The number of aliphatic hydroxyl groups excluding tert-OH is 25. The molecule has 9 aliphatic rings. The van der Waals surface area contributed by atoms with Crippen LogP contribution in [0.5, 0.6) is 0 Å². The fourth-order valence-corrected chi connectivity index (χ4v) is 14.0. The molecule has 48 heteroatoms. The molecule has 626 valence electrons. The zero-order valence-electron chi connectivity index (χ0n) is 58.0. The molecule has 0 radical (unpaired) electrons. The second kappa shape index (κ2) is 38.5. The van der Waals surface area contributed by atoms with Gasteiger partial charge in [0.15, 0.2) is 56.6 Å². The van der Waals surface area contributed by atoms with E-state index in [4.69, 9.17) is 80.5 Å². The first-order chi connectivity index (χ1) is 51.1. The highest BCUT2D eigenvalue weighted by atomic mass is 16.8. The van der Waals surface area contributed by atoms with Crippen molar-refractivity contribution in [2.75, 3.05) is 52.9 Å². The van der Waals surface area contributed by atoms with Gasteiger partial charge in [0.1, 0.15) is 213 Å². The van der Waals surface area contributed by atoms with Crippen molar-refractivity contribution in [3.63, 3.8) is 0 Å². The standard InChI is InChI=1S/C60H101N3O45/c1-13-28(74)36(82)40(86)56(93-13)105-48-27(63-16(4)73)54(100-23(11-70)47(48)104-57-41(87)37(83)29(75)17(5-64)96-57)108-51-39(85)31(77)19(7-66)98-60(51)107-50-33(79)24(12-92-55-43(89)49(32(78)20(8-67)95-55)106-58-42(88)38(84)30(76)18(6-65)97-58)101-59(44(50)90)103-46-22(10-69)99-53(26(35(46)81)62-15(3)72)102-45-21(9-68)94-52(91)25(34(45)80)61-14(2)71/h13,17-60,64-70,74-91H,5-12H2,1-4H3,(H,61,71)(H,62,72)(H,63,73)/t13-,17+,18+,19+,20+,21+,22+,23+,24+,25+,26+,27+,28+,29-,30+,31+,32+,33+,34+,35+,36+,37-,38-,39-,40-,41+,42-,43-,44-,45+,46+,47+,48+,49-,50-,51-,52?,53-,54-,55-,56-,57-,58+,59-,60+/m0/s1. The number of nitrogens with one attached hydrogen (secondary N) is 3. The summed E-state index contributed by atoms with van der Waals surface area (Å²) in [7, 11) is 0. The van der Waals surface area contributed by atoms with Gasteiger partial charge in [0.25, 0.3) is 0 Å². The molecule has 108 heavy (non-hydrogen) atoms. The molecule has 45 atom stereocenters. The molecule has 3 amide bonds. The van der Waals surface area contributed by atoms with Crippen LogP contribution in [0, 0.1) is 0 Å². The Kier molecular flexibility index (Phi) is 31.6. The number of ether oxygens (including phenoxy) is 17. The predicted octanol–water partition coefficient (Wildman–Crippen LogP) is -19.2. The van der Waals surface area contributed by atoms with Crippen LogP contribution in [-0.4, -0.2) is 474 Å². The minimum atomic E-state index is -2.57. The van der Waals surface area contributed by atoms with E-state index in [0.29, 0.717) is 0 Å². The lowest BCUT2D eigenvalue weighted by molar-refractivity contribution is -0.403. The van der Waals surface area contributed by atoms with Gasteiger partial charge in [-0.2, -0.15) is 0 Å². The number of aliphatic hydroxyl groups is 25. The molecule has 28 N–H and O–H groups in total. The fraction of sp³-hybridized carbons (Fsp3) is 0.950. The van der Waals surface area contributed by atoms with Crippen LogP contribution in [0.1, 0.15) is 27.7 Å². The number of rotatable bonds is 27. The van der Waals surface area contributed by atoms with Crippen molar-refractivity contribution in [1.82, 2.24) is 16.0 Å². The van der Waals surface area contributed by atoms with Gasteiger partial charge >= 0.3 is 0 Å². The SMILES string of the molecule is CC(=O)N[C@H]1[C@H](O[C@H]2[C@H](O)[C@@H](NC(C)=O)C(O)O[C@@H]2CO)O[C@H](CO)[C@@H](O[C@@H]2O[C@H](CO[C@H]3O[C@H](CO)[C@@H](O)[C@H](O[C@H]4O[C@H](CO)[C@@H](O)[C@H](O)[C@@H]4O)[C@@H]3O)[C@@H](O)[C@H](O[C@H]3O[C@H](CO)[C@@H](O)[C@H](O)[C@@H]3O[C@@H]3O[C@H](CO)[C@@H](O[C@@H]4O[C@H](CO)[C@H](O)[C@H](O)[C@H]4O)[C@H](O[C@@H]4O[C@@H](C)[C@@H](O)[C@@H](O)[C@@H]4O)[C@H]3NC(C)=O)[C@@H]2O)[C@@H]1O. The van der Waals surface area contributed by atoms with Crippen LogP contribution in [0.4, 0.5) is 0 Å². The van der Waals surface area contributed by atoms with Gasteiger partial charge in [0, 0.05) is 20.8 Å². The molecule has 0 aromatic rings. The molecule has 0 saturated carbocycles. The molecule has 1 unspecified atom stereocenters. The average molecular weight is 1580 g/mol. The normalized spacial score (nSPS) is 50.4. The second-order valence-electron chi connectivity index (χ2n) is 27.4. The molecule has 9 heterocycles. The minimum Gasteiger partial charge on any atom is -0.394 e. The summed E-state index contributed by atoms with van der Waals surface area (Å²) in [5, 5.41) is 284. The van der Waals surface area contributed by atoms with E-state index in [1.807, 2.05) is 0 Å². The van der Waals surface area contributed by atoms with Crippen LogP contribution in [0.25, 0.3) is 0 Å². The van der Waals surface area contributed by atoms with Gasteiger partial charge in [-0.3, -0.25) is 14.4 Å². The summed E-state index contributed by atoms with van der Waals surface area (Å²) < 4.78 is 101. The fourth-order valence-electron chi connectivity index (χ4n) is 14.0. The molecule has 0 bridgehead atoms. The van der Waals surface area contributed by atoms with Gasteiger partial charge in [0.2, 0.25) is 17.7 Å². The summed E-state index contributed by atoms with van der Waals surface area (Å²) in [6.07, 6.45) is -86.9. The van der Waals surface area contributed by atoms with Gasteiger partial charge in [-0.25, -0.2) is 0 Å². The summed E-state index contributed by atoms with van der Waals surface area (Å²) in [4.78, 5) is 38.5. The van der Waals surface area contributed by atoms with Gasteiger partial charge in [0.05, 0.1) is 59.0 Å². The maximum Gasteiger partial charge on any atom is 0.217 e. The number of amides is 3. The third kappa shape index (κ3) is 19.1. The molecule has 0 aromatic carbocycles. The van der Waals surface area contributed by atoms with Crippen LogP contribution in [-0.2, 0) is 94.9 Å². The Morgan fingerprint density at radius 3 is 1.08 bits per heavy atom. The Balaban J connectivity index is 1.07. The van der Waals surface area contributed by atoms with Crippen LogP contribution in [0.3, 0.4) is 0 Å². The number of carbonyl (C=O) groups is 3. The second-order valence-corrected chi connectivity index (χ2v) is 27.4. The zero-order chi connectivity index (χ0) is 79.5. The Bertz CT molecular complexity index is 2820. The van der Waals surface area contributed by atoms with Crippen molar-refractivity contribution in [2.45, 2.75) is 304 Å². The molecular weight excluding hydrogens is 1480 g/mol. The lowest BCUT2D eigenvalue weighted by Gasteiger charge is -2.52. The van der Waals surface area contributed by atoms with Crippen LogP contribution < -0.4 is 16.0 Å². The smallest absolute Gasteiger partial charge is 0.217 e. The van der Waals surface area contributed by atoms with Gasteiger partial charge < -0.3 is 224 Å². The van der Waals surface area contributed by atoms with E-state index in [2.05, 4.69) is 16.0 Å². The largest absolute Gasteiger partial charge is 0.394 e. The lowest BCUT2D eigenvalue weighted by Crippen LogP contribution is -2.71. The van der Waals surface area contributed by atoms with Crippen molar-refractivity contribution in [2.24, 2.45) is 0 Å². The molecule has 9 fully saturated rings. The van der Waals surface area contributed by atoms with Crippen molar-refractivity contribution >= 4 is 17.7 Å². The molecule has 0 aliphatic carbocycles. The van der Waals surface area contributed by atoms with E-state index in [0.717, 1.165) is 20.8 Å². The highest BCUT2D eigenvalue weighted by Crippen LogP contribution is 2.40. The minimum absolute atomic E-state index is 0.781. The van der Waals surface area contributed by atoms with Gasteiger partial charge in [-0.15, -0.1) is 0 Å². The monoisotopic (exact) mass is 1580 g/mol. The highest BCUT2D eigenvalue weighted by Gasteiger charge is 2.61. The number of carbonyl (C=O) groups excluding carboxylic acids is 3. The maximum absolute atomic E-state index is 13.4. The van der Waals surface area contributed by atoms with Crippen molar-refractivity contribution < 1.29 is 223 Å². The first kappa shape index (κ1) is 88.7. The van der Waals surface area contributed by atoms with E-state index in [1.54, 1.807) is 0 Å². The van der Waals surface area contributed by atoms with Crippen molar-refractivity contribution in [3.05, 3.63) is 0 Å². The summed E-state index contributed by atoms with van der Waals surface area (Å²) in [6.45, 7) is -4.65. The van der Waals surface area contributed by atoms with Gasteiger partial charge in [-0.1, -0.05) is 0 Å². The zero-order valence-corrected chi connectivity index (χ0v) is 58.0. The maximum atomic E-state index is 13.4. The Morgan fingerprint density at radius 1 is 0.259 bits per heavy atom. The van der Waals surface area contributed by atoms with E-state index >= 15 is 0 Å². The highest BCUT2D eigenvalue weighted by molar-refractivity contribution is 5.74. The average Bonchev–Trinajstić information content (AvgIpc) is 0.765. The summed E-state index contributed by atoms with van der Waals surface area (Å²) in [5.74, 6) is -2.72. The van der Waals surface area contributed by atoms with E-state index in [1.165, 1.54) is 6.92 Å². The Hall–Kier alpha value is -3.27. The lowest BCUT2D eigenvalue weighted by atomic mass is 9.93. The summed E-state index contributed by atoms with van der Waals surface area (Å²) in [6, 6.07) is -5.57. The molecule has 0 aromatic heterocycles. The molecular formula is C60H101N3O45. The molecule has 9 saturated heterocycles. The predicted molar refractivity (Wildman–Crippen MR) is 330 cm³/mol. The molecule has 9 aliphatic heterocycles. The summed E-state index contributed by atoms with van der Waals surface area (Å²) >= 11 is 0. The molecule has 9 rings (SSSR count). The van der Waals surface area contributed by atoms with Crippen LogP contribution in [0.2, 0.25) is 0 Å². The first-order valence-corrected chi connectivity index (χ1v) is 34.5. The van der Waals surface area contributed by atoms with E-state index < -0.39 is 347 Å². The Morgan fingerprint density at radius 2 is 0.574 bits per heavy atom. The topological polar surface area (TPSA) is 750 Å². The van der Waals surface area contributed by atoms with E-state index in [-0.39, 0.29) is 0 Å². The summed E-state index contributed by atoms with van der Waals surface area (Å²) in [5.41, 5.74) is 0. The van der Waals surface area contributed by atoms with Gasteiger partial charge in [-0.05, 0) is 6.92 Å². The molecule has 0 spiro atoms. The van der Waals surface area contributed by atoms with E-state index in [9.17, 15) is 142 Å². The quantitative estimate of drug-likeness (QED) is 0.0363. The van der Waals surface area contributed by atoms with Crippen LogP contribution >= 0.6 is 0 Å². The molecule has 48 nitrogen and oxygen atoms in total. The number of hydrogen-bond donors (Lipinski definition) is 28. The van der Waals surface area contributed by atoms with Crippen molar-refractivity contribution in [1.29, 1.82) is 0 Å². The third-order valence-electron chi connectivity index (χ3n) is 19.9.